The van der Waals surface area contributed by atoms with E-state index in [0.29, 0.717) is 41.4 Å². The largest absolute Gasteiger partial charge is 0.398 e. The van der Waals surface area contributed by atoms with E-state index in [4.69, 9.17) is 34.1 Å². The van der Waals surface area contributed by atoms with Gasteiger partial charge in [0.15, 0.2) is 0 Å². The van der Waals surface area contributed by atoms with Crippen molar-refractivity contribution in [3.63, 3.8) is 0 Å². The zero-order valence-corrected chi connectivity index (χ0v) is 12.7. The Balaban J connectivity index is 0.00000289. The number of sulfonamides is 1. The lowest BCUT2D eigenvalue weighted by Gasteiger charge is -2.14. The molecule has 0 amide bonds. The molecule has 0 unspecified atom stereocenters. The Bertz CT molecular complexity index is 506. The van der Waals surface area contributed by atoms with E-state index in [0.717, 1.165) is 0 Å². The van der Waals surface area contributed by atoms with Crippen molar-refractivity contribution in [1.82, 2.24) is 0 Å². The summed E-state index contributed by atoms with van der Waals surface area (Å²) in [7, 11) is -3.77. The van der Waals surface area contributed by atoms with Gasteiger partial charge in [-0.05, 0) is 36.1 Å². The summed E-state index contributed by atoms with van der Waals surface area (Å²) in [5.41, 5.74) is 7.61. The van der Waals surface area contributed by atoms with Gasteiger partial charge in [0, 0.05) is 17.4 Å². The molecule has 18 heavy (non-hydrogen) atoms. The van der Waals surface area contributed by atoms with Crippen LogP contribution in [0.4, 0.5) is 5.69 Å². The number of primary sulfonamides is 1. The second-order valence-electron chi connectivity index (χ2n) is 3.53. The highest BCUT2D eigenvalue weighted by atomic mass is 35.5. The molecule has 1 aromatic rings. The lowest BCUT2D eigenvalue weighted by Crippen LogP contribution is -2.17. The number of hydrogen-bond donors (Lipinski definition) is 2. The second kappa shape index (κ2) is 7.40. The van der Waals surface area contributed by atoms with Crippen molar-refractivity contribution < 1.29 is 8.42 Å². The Kier molecular flexibility index (Phi) is 7.32. The van der Waals surface area contributed by atoms with Crippen LogP contribution in [-0.4, -0.2) is 20.2 Å². The zero-order chi connectivity index (χ0) is 13.1. The Hall–Kier alpha value is -0.200. The molecule has 0 radical (unpaired) electrons. The molecule has 8 heteroatoms. The van der Waals surface area contributed by atoms with Crippen LogP contribution in [0.3, 0.4) is 0 Å². The van der Waals surface area contributed by atoms with E-state index in [1.165, 1.54) is 12.1 Å². The molecular formula is C10H15Cl3N2O2S. The minimum Gasteiger partial charge on any atom is -0.398 e. The summed E-state index contributed by atoms with van der Waals surface area (Å²) < 4.78 is 22.9. The molecule has 0 atom stereocenters. The molecule has 0 aromatic heterocycles. The van der Waals surface area contributed by atoms with Crippen LogP contribution in [0.5, 0.6) is 0 Å². The first-order valence-corrected chi connectivity index (χ1v) is 7.58. The van der Waals surface area contributed by atoms with Gasteiger partial charge in [0.1, 0.15) is 0 Å². The predicted octanol–water partition coefficient (Wildman–Crippen LogP) is 1.90. The number of alkyl halides is 2. The number of nitrogen functional groups attached to an aromatic ring is 1. The first-order chi connectivity index (χ1) is 7.91. The molecule has 1 aromatic carbocycles. The van der Waals surface area contributed by atoms with E-state index < -0.39 is 10.0 Å². The van der Waals surface area contributed by atoms with Crippen molar-refractivity contribution in [1.29, 1.82) is 0 Å². The molecule has 0 saturated carbocycles. The summed E-state index contributed by atoms with van der Waals surface area (Å²) >= 11 is 11.4. The molecule has 0 heterocycles. The van der Waals surface area contributed by atoms with Gasteiger partial charge in [-0.2, -0.15) is 0 Å². The van der Waals surface area contributed by atoms with E-state index >= 15 is 0 Å². The van der Waals surface area contributed by atoms with Crippen molar-refractivity contribution in [2.75, 3.05) is 17.5 Å². The van der Waals surface area contributed by atoms with Gasteiger partial charge in [-0.15, -0.1) is 35.6 Å². The predicted molar refractivity (Wildman–Crippen MR) is 78.3 cm³/mol. The number of nitrogens with two attached hydrogens (primary N) is 2. The minimum atomic E-state index is -3.77. The summed E-state index contributed by atoms with van der Waals surface area (Å²) in [6.07, 6.45) is 0.882. The van der Waals surface area contributed by atoms with Crippen LogP contribution in [0.15, 0.2) is 17.0 Å². The lowest BCUT2D eigenvalue weighted by atomic mass is 10.0. The summed E-state index contributed by atoms with van der Waals surface area (Å²) in [5.74, 6) is 0.648. The molecule has 0 saturated heterocycles. The quantitative estimate of drug-likeness (QED) is 0.637. The van der Waals surface area contributed by atoms with E-state index in [1.807, 2.05) is 0 Å². The maximum absolute atomic E-state index is 11.5. The Morgan fingerprint density at radius 3 is 2.00 bits per heavy atom. The molecule has 0 fully saturated rings. The van der Waals surface area contributed by atoms with Crippen molar-refractivity contribution in [2.45, 2.75) is 17.7 Å². The van der Waals surface area contributed by atoms with Crippen LogP contribution in [0.25, 0.3) is 0 Å². The third-order valence-corrected chi connectivity index (χ3v) is 3.79. The van der Waals surface area contributed by atoms with Crippen LogP contribution in [0, 0.1) is 0 Å². The zero-order valence-electron chi connectivity index (χ0n) is 9.53. The van der Waals surface area contributed by atoms with Crippen LogP contribution < -0.4 is 10.9 Å². The standard InChI is InChI=1S/C10H14Cl2N2O2S.ClH/c11-5-3-7-8(4-6-12)10(17(14,15)16)2-1-9(7)13;/h1-2H,3-6,13H2,(H2,14,15,16);1H. The Labute approximate surface area is 123 Å². The number of anilines is 1. The van der Waals surface area contributed by atoms with Gasteiger partial charge in [-0.3, -0.25) is 0 Å². The highest BCUT2D eigenvalue weighted by Crippen LogP contribution is 2.26. The van der Waals surface area contributed by atoms with Crippen molar-refractivity contribution in [2.24, 2.45) is 5.14 Å². The summed E-state index contributed by atoms with van der Waals surface area (Å²) in [6, 6.07) is 2.93. The highest BCUT2D eigenvalue weighted by Gasteiger charge is 2.18. The van der Waals surface area contributed by atoms with E-state index in [-0.39, 0.29) is 17.3 Å². The molecule has 0 aliphatic rings. The third kappa shape index (κ3) is 4.17. The van der Waals surface area contributed by atoms with Crippen LogP contribution in [0.1, 0.15) is 11.1 Å². The van der Waals surface area contributed by atoms with Gasteiger partial charge in [0.05, 0.1) is 4.90 Å². The summed E-state index contributed by atoms with van der Waals surface area (Å²) in [4.78, 5) is 0.0764. The van der Waals surface area contributed by atoms with Gasteiger partial charge >= 0.3 is 0 Å². The Morgan fingerprint density at radius 1 is 1.06 bits per heavy atom. The molecule has 0 aliphatic carbocycles. The second-order valence-corrected chi connectivity index (χ2v) is 5.82. The van der Waals surface area contributed by atoms with Gasteiger partial charge < -0.3 is 5.73 Å². The van der Waals surface area contributed by atoms with Gasteiger partial charge in [-0.25, -0.2) is 13.6 Å². The molecular weight excluding hydrogens is 319 g/mol. The number of benzene rings is 1. The van der Waals surface area contributed by atoms with Crippen molar-refractivity contribution >= 4 is 51.3 Å². The molecule has 0 spiro atoms. The smallest absolute Gasteiger partial charge is 0.238 e. The molecule has 104 valence electrons. The lowest BCUT2D eigenvalue weighted by molar-refractivity contribution is 0.596. The summed E-state index contributed by atoms with van der Waals surface area (Å²) in [5, 5.41) is 5.16. The summed E-state index contributed by atoms with van der Waals surface area (Å²) in [6.45, 7) is 0. The van der Waals surface area contributed by atoms with Crippen LogP contribution >= 0.6 is 35.6 Å². The first-order valence-electron chi connectivity index (χ1n) is 4.96. The maximum Gasteiger partial charge on any atom is 0.238 e. The normalized spacial score (nSPS) is 11.1. The monoisotopic (exact) mass is 332 g/mol. The molecule has 0 aliphatic heterocycles. The fourth-order valence-corrected chi connectivity index (χ4v) is 2.92. The molecule has 1 rings (SSSR count). The van der Waals surface area contributed by atoms with E-state index in [1.54, 1.807) is 0 Å². The third-order valence-electron chi connectivity index (χ3n) is 2.42. The Morgan fingerprint density at radius 2 is 1.56 bits per heavy atom. The fourth-order valence-electron chi connectivity index (χ4n) is 1.71. The van der Waals surface area contributed by atoms with E-state index in [9.17, 15) is 8.42 Å². The fraction of sp³-hybridized carbons (Fsp3) is 0.400. The molecule has 0 bridgehead atoms. The highest BCUT2D eigenvalue weighted by molar-refractivity contribution is 7.89. The molecule has 4 N–H and O–H groups in total. The number of hydrogen-bond acceptors (Lipinski definition) is 3. The molecule has 4 nitrogen and oxygen atoms in total. The van der Waals surface area contributed by atoms with Gasteiger partial charge in [-0.1, -0.05) is 0 Å². The van der Waals surface area contributed by atoms with E-state index in [2.05, 4.69) is 0 Å². The number of halogens is 3. The first kappa shape index (κ1) is 17.8. The van der Waals surface area contributed by atoms with Crippen molar-refractivity contribution in [3.05, 3.63) is 23.3 Å². The number of rotatable bonds is 5. The average Bonchev–Trinajstić information content (AvgIpc) is 2.22. The minimum absolute atomic E-state index is 0. The SMILES string of the molecule is Cl.Nc1ccc(S(N)(=O)=O)c(CCCl)c1CCCl. The topological polar surface area (TPSA) is 86.2 Å². The maximum atomic E-state index is 11.5. The van der Waals surface area contributed by atoms with Crippen LogP contribution in [-0.2, 0) is 22.9 Å². The van der Waals surface area contributed by atoms with Gasteiger partial charge in [0.25, 0.3) is 0 Å². The van der Waals surface area contributed by atoms with Crippen molar-refractivity contribution in [3.8, 4) is 0 Å². The van der Waals surface area contributed by atoms with Crippen LogP contribution in [0.2, 0.25) is 0 Å². The van der Waals surface area contributed by atoms with Gasteiger partial charge in [0.2, 0.25) is 10.0 Å². The average molecular weight is 334 g/mol.